The van der Waals surface area contributed by atoms with Crippen LogP contribution in [0.4, 0.5) is 13.2 Å². The second-order valence-electron chi connectivity index (χ2n) is 5.03. The highest BCUT2D eigenvalue weighted by molar-refractivity contribution is 5.95. The van der Waals surface area contributed by atoms with Gasteiger partial charge >= 0.3 is 12.1 Å². The van der Waals surface area contributed by atoms with E-state index in [9.17, 15) is 18.0 Å². The number of rotatable bonds is 3. The minimum absolute atomic E-state index is 0.0873. The second kappa shape index (κ2) is 5.92. The Morgan fingerprint density at radius 3 is 2.42 bits per heavy atom. The molecule has 0 unspecified atom stereocenters. The molecule has 1 aliphatic rings. The highest BCUT2D eigenvalue weighted by Gasteiger charge is 2.48. The van der Waals surface area contributed by atoms with Crippen molar-refractivity contribution in [2.24, 2.45) is 0 Å². The van der Waals surface area contributed by atoms with E-state index in [0.29, 0.717) is 5.75 Å². The van der Waals surface area contributed by atoms with Crippen LogP contribution in [0.1, 0.15) is 5.56 Å². The molecule has 4 nitrogen and oxygen atoms in total. The van der Waals surface area contributed by atoms with Crippen LogP contribution >= 0.6 is 0 Å². The summed E-state index contributed by atoms with van der Waals surface area (Å²) in [5, 5.41) is 9.09. The average Bonchev–Trinajstić information content (AvgIpc) is 2.54. The minimum Gasteiger partial charge on any atom is -0.478 e. The van der Waals surface area contributed by atoms with Crippen LogP contribution in [0.3, 0.4) is 0 Å². The number of benzene rings is 2. The number of carboxylic acid groups (broad SMARTS) is 1. The first-order chi connectivity index (χ1) is 11.4. The predicted octanol–water partition coefficient (Wildman–Crippen LogP) is 4.27. The lowest BCUT2D eigenvalue weighted by Crippen LogP contribution is -2.40. The molecule has 0 saturated carbocycles. The molecule has 24 heavy (non-hydrogen) atoms. The third-order valence-corrected chi connectivity index (χ3v) is 3.37. The Morgan fingerprint density at radius 1 is 1.08 bits per heavy atom. The van der Waals surface area contributed by atoms with Crippen LogP contribution in [0.25, 0.3) is 6.08 Å². The van der Waals surface area contributed by atoms with E-state index in [1.807, 2.05) is 0 Å². The second-order valence-corrected chi connectivity index (χ2v) is 5.03. The van der Waals surface area contributed by atoms with Gasteiger partial charge in [-0.1, -0.05) is 24.3 Å². The standard InChI is InChI=1S/C17H11F3O4/c18-17(19,20)15-12(16(21)22)9-11-13(7-4-8-14(11)24-15)23-10-5-2-1-3-6-10/h1-9,15H,(H,21,22)/t15-/m0/s1. The van der Waals surface area contributed by atoms with E-state index in [-0.39, 0.29) is 17.1 Å². The van der Waals surface area contributed by atoms with Gasteiger partial charge in [0.1, 0.15) is 17.2 Å². The third-order valence-electron chi connectivity index (χ3n) is 3.37. The number of carbonyl (C=O) groups is 1. The molecule has 0 saturated heterocycles. The van der Waals surface area contributed by atoms with Crippen molar-refractivity contribution >= 4 is 12.0 Å². The molecule has 0 aliphatic carbocycles. The molecule has 0 amide bonds. The average molecular weight is 336 g/mol. The molecule has 2 aromatic rings. The van der Waals surface area contributed by atoms with Crippen molar-refractivity contribution in [2.45, 2.75) is 12.3 Å². The number of para-hydroxylation sites is 1. The first-order valence-electron chi connectivity index (χ1n) is 6.90. The summed E-state index contributed by atoms with van der Waals surface area (Å²) >= 11 is 0. The molecule has 0 spiro atoms. The number of hydrogen-bond donors (Lipinski definition) is 1. The summed E-state index contributed by atoms with van der Waals surface area (Å²) in [7, 11) is 0. The van der Waals surface area contributed by atoms with E-state index in [1.165, 1.54) is 18.2 Å². The predicted molar refractivity (Wildman–Crippen MR) is 79.0 cm³/mol. The fourth-order valence-corrected chi connectivity index (χ4v) is 2.31. The van der Waals surface area contributed by atoms with Crippen LogP contribution in [0, 0.1) is 0 Å². The fourth-order valence-electron chi connectivity index (χ4n) is 2.31. The Labute approximate surface area is 134 Å². The van der Waals surface area contributed by atoms with E-state index in [2.05, 4.69) is 0 Å². The molecular weight excluding hydrogens is 325 g/mol. The van der Waals surface area contributed by atoms with Crippen LogP contribution < -0.4 is 9.47 Å². The Kier molecular flexibility index (Phi) is 3.92. The van der Waals surface area contributed by atoms with Crippen LogP contribution in [-0.4, -0.2) is 23.4 Å². The zero-order chi connectivity index (χ0) is 17.3. The summed E-state index contributed by atoms with van der Waals surface area (Å²) in [6.45, 7) is 0. The molecule has 2 aromatic carbocycles. The molecule has 7 heteroatoms. The first-order valence-corrected chi connectivity index (χ1v) is 6.90. The molecule has 0 radical (unpaired) electrons. The highest BCUT2D eigenvalue weighted by Crippen LogP contribution is 2.41. The molecule has 0 aromatic heterocycles. The summed E-state index contributed by atoms with van der Waals surface area (Å²) in [5.74, 6) is -1.11. The van der Waals surface area contributed by atoms with Crippen molar-refractivity contribution in [2.75, 3.05) is 0 Å². The van der Waals surface area contributed by atoms with Crippen LogP contribution in [0.2, 0.25) is 0 Å². The number of fused-ring (bicyclic) bond motifs is 1. The van der Waals surface area contributed by atoms with Gasteiger partial charge in [0.05, 0.1) is 11.1 Å². The van der Waals surface area contributed by atoms with Gasteiger partial charge in [-0.15, -0.1) is 0 Å². The van der Waals surface area contributed by atoms with Crippen molar-refractivity contribution < 1.29 is 32.5 Å². The van der Waals surface area contributed by atoms with Gasteiger partial charge in [0.25, 0.3) is 0 Å². The fraction of sp³-hybridized carbons (Fsp3) is 0.118. The van der Waals surface area contributed by atoms with Gasteiger partial charge < -0.3 is 14.6 Å². The molecule has 1 atom stereocenters. The summed E-state index contributed by atoms with van der Waals surface area (Å²) in [5.41, 5.74) is -0.738. The molecule has 1 aliphatic heterocycles. The maximum Gasteiger partial charge on any atom is 0.430 e. The van der Waals surface area contributed by atoms with Crippen LogP contribution in [0.15, 0.2) is 54.1 Å². The van der Waals surface area contributed by atoms with Crippen molar-refractivity contribution in [1.29, 1.82) is 0 Å². The van der Waals surface area contributed by atoms with E-state index in [4.69, 9.17) is 14.6 Å². The van der Waals surface area contributed by atoms with Gasteiger partial charge in [0, 0.05) is 0 Å². The Balaban J connectivity index is 2.05. The zero-order valence-corrected chi connectivity index (χ0v) is 12.1. The Hall–Kier alpha value is -2.96. The zero-order valence-electron chi connectivity index (χ0n) is 12.1. The Bertz CT molecular complexity index is 797. The van der Waals surface area contributed by atoms with Crippen molar-refractivity contribution in [3.63, 3.8) is 0 Å². The van der Waals surface area contributed by atoms with Crippen LogP contribution in [0.5, 0.6) is 17.2 Å². The van der Waals surface area contributed by atoms with E-state index >= 15 is 0 Å². The number of ether oxygens (including phenoxy) is 2. The SMILES string of the molecule is O=C(O)C1=Cc2c(Oc3ccccc3)cccc2O[C@@H]1C(F)(F)F. The lowest BCUT2D eigenvalue weighted by molar-refractivity contribution is -0.187. The number of carboxylic acids is 1. The van der Waals surface area contributed by atoms with Gasteiger partial charge in [0.15, 0.2) is 0 Å². The largest absolute Gasteiger partial charge is 0.478 e. The monoisotopic (exact) mass is 336 g/mol. The molecule has 124 valence electrons. The molecule has 1 heterocycles. The number of aliphatic carboxylic acids is 1. The maximum atomic E-state index is 13.0. The molecular formula is C17H11F3O4. The van der Waals surface area contributed by atoms with Crippen LogP contribution in [-0.2, 0) is 4.79 Å². The summed E-state index contributed by atoms with van der Waals surface area (Å²) in [6.07, 6.45) is -6.41. The number of hydrogen-bond acceptors (Lipinski definition) is 3. The van der Waals surface area contributed by atoms with Gasteiger partial charge in [-0.2, -0.15) is 13.2 Å². The first kappa shape index (κ1) is 15.9. The molecule has 1 N–H and O–H groups in total. The lowest BCUT2D eigenvalue weighted by atomic mass is 10.0. The molecule has 0 bridgehead atoms. The number of halogens is 3. The minimum atomic E-state index is -4.84. The Morgan fingerprint density at radius 2 is 1.79 bits per heavy atom. The van der Waals surface area contributed by atoms with Crippen molar-refractivity contribution in [3.05, 3.63) is 59.7 Å². The van der Waals surface area contributed by atoms with Gasteiger partial charge in [-0.05, 0) is 30.3 Å². The van der Waals surface area contributed by atoms with Gasteiger partial charge in [0.2, 0.25) is 6.10 Å². The summed E-state index contributed by atoms with van der Waals surface area (Å²) in [4.78, 5) is 11.2. The maximum absolute atomic E-state index is 13.0. The topological polar surface area (TPSA) is 55.8 Å². The molecule has 3 rings (SSSR count). The van der Waals surface area contributed by atoms with E-state index < -0.39 is 23.8 Å². The molecule has 0 fully saturated rings. The van der Waals surface area contributed by atoms with E-state index in [1.54, 1.807) is 30.3 Å². The van der Waals surface area contributed by atoms with Gasteiger partial charge in [-0.3, -0.25) is 0 Å². The van der Waals surface area contributed by atoms with E-state index in [0.717, 1.165) is 6.08 Å². The lowest BCUT2D eigenvalue weighted by Gasteiger charge is -2.27. The smallest absolute Gasteiger partial charge is 0.430 e. The number of alkyl halides is 3. The normalized spacial score (nSPS) is 16.6. The summed E-state index contributed by atoms with van der Waals surface area (Å²) in [6, 6.07) is 12.9. The van der Waals surface area contributed by atoms with Crippen molar-refractivity contribution in [3.8, 4) is 17.2 Å². The quantitative estimate of drug-likeness (QED) is 0.909. The van der Waals surface area contributed by atoms with Crippen molar-refractivity contribution in [1.82, 2.24) is 0 Å². The van der Waals surface area contributed by atoms with Gasteiger partial charge in [-0.25, -0.2) is 4.79 Å². The summed E-state index contributed by atoms with van der Waals surface area (Å²) < 4.78 is 49.6. The third kappa shape index (κ3) is 3.05. The highest BCUT2D eigenvalue weighted by atomic mass is 19.4.